The topological polar surface area (TPSA) is 85.5 Å². The minimum Gasteiger partial charge on any atom is -0.373 e. The highest BCUT2D eigenvalue weighted by atomic mass is 32.2. The Kier molecular flexibility index (Phi) is 4.59. The molecule has 0 spiro atoms. The number of morpholine rings is 1. The van der Waals surface area contributed by atoms with E-state index in [1.807, 2.05) is 40.7 Å². The van der Waals surface area contributed by atoms with Crippen LogP contribution in [0.15, 0.2) is 47.0 Å². The monoisotopic (exact) mass is 424 g/mol. The Balaban J connectivity index is 1.71. The van der Waals surface area contributed by atoms with Gasteiger partial charge in [-0.15, -0.1) is 0 Å². The molecule has 1 aliphatic heterocycles. The second kappa shape index (κ2) is 7.17. The molecular formula is C21H24N6O2S. The van der Waals surface area contributed by atoms with Crippen molar-refractivity contribution in [1.82, 2.24) is 19.5 Å². The number of benzene rings is 1. The van der Waals surface area contributed by atoms with E-state index in [0.717, 1.165) is 35.4 Å². The van der Waals surface area contributed by atoms with Crippen molar-refractivity contribution in [1.29, 1.82) is 0 Å². The van der Waals surface area contributed by atoms with Crippen LogP contribution in [0.5, 0.6) is 0 Å². The molecule has 0 radical (unpaired) electrons. The summed E-state index contributed by atoms with van der Waals surface area (Å²) in [5.74, 6) is 2.34. The van der Waals surface area contributed by atoms with E-state index < -0.39 is 9.73 Å². The Morgan fingerprint density at radius 1 is 1.23 bits per heavy atom. The van der Waals surface area contributed by atoms with Gasteiger partial charge in [-0.05, 0) is 31.9 Å². The predicted molar refractivity (Wildman–Crippen MR) is 118 cm³/mol. The van der Waals surface area contributed by atoms with E-state index in [4.69, 9.17) is 9.72 Å². The van der Waals surface area contributed by atoms with E-state index in [9.17, 15) is 4.21 Å². The highest BCUT2D eigenvalue weighted by Gasteiger charge is 2.31. The van der Waals surface area contributed by atoms with Gasteiger partial charge in [0.05, 0.1) is 34.0 Å². The van der Waals surface area contributed by atoms with Crippen LogP contribution in [-0.2, 0) is 14.5 Å². The highest BCUT2D eigenvalue weighted by molar-refractivity contribution is 7.93. The first-order chi connectivity index (χ1) is 14.4. The van der Waals surface area contributed by atoms with E-state index in [2.05, 4.69) is 20.9 Å². The van der Waals surface area contributed by atoms with Crippen LogP contribution in [0.25, 0.3) is 17.0 Å². The van der Waals surface area contributed by atoms with Gasteiger partial charge in [0.15, 0.2) is 5.82 Å². The fraction of sp³-hybridized carbons (Fsp3) is 0.381. The Morgan fingerprint density at radius 2 is 2.03 bits per heavy atom. The molecule has 156 valence electrons. The first-order valence-electron chi connectivity index (χ1n) is 10.00. The van der Waals surface area contributed by atoms with E-state index in [1.54, 1.807) is 12.3 Å². The van der Waals surface area contributed by atoms with Crippen molar-refractivity contribution >= 4 is 32.4 Å². The molecule has 1 aromatic carbocycles. The largest absolute Gasteiger partial charge is 0.373 e. The van der Waals surface area contributed by atoms with Crippen LogP contribution >= 0.6 is 0 Å². The lowest BCUT2D eigenvalue weighted by Crippen LogP contribution is -2.34. The van der Waals surface area contributed by atoms with E-state index >= 15 is 0 Å². The molecule has 2 fully saturated rings. The lowest BCUT2D eigenvalue weighted by atomic mass is 10.3. The van der Waals surface area contributed by atoms with Crippen LogP contribution in [0.4, 0.5) is 11.6 Å². The molecule has 1 saturated heterocycles. The molecule has 3 aromatic rings. The fourth-order valence-corrected chi connectivity index (χ4v) is 5.34. The molecule has 3 heterocycles. The number of fused-ring (bicyclic) bond motifs is 1. The second-order valence-electron chi connectivity index (χ2n) is 7.79. The molecule has 1 atom stereocenters. The maximum atomic E-state index is 13.0. The molecular weight excluding hydrogens is 400 g/mol. The molecule has 0 bridgehead atoms. The Labute approximate surface area is 175 Å². The third-order valence-corrected chi connectivity index (χ3v) is 7.68. The third kappa shape index (κ3) is 3.48. The molecule has 8 nitrogen and oxygen atoms in total. The number of hydrogen-bond acceptors (Lipinski definition) is 7. The third-order valence-electron chi connectivity index (χ3n) is 5.42. The minimum absolute atomic E-state index is 0.147. The first kappa shape index (κ1) is 19.2. The molecule has 5 rings (SSSR count). The fourth-order valence-electron chi connectivity index (χ4n) is 3.72. The predicted octanol–water partition coefficient (Wildman–Crippen LogP) is 3.37. The van der Waals surface area contributed by atoms with Crippen LogP contribution < -0.4 is 4.90 Å². The van der Waals surface area contributed by atoms with Crippen LogP contribution in [0.3, 0.4) is 0 Å². The Hall–Kier alpha value is -2.78. The zero-order valence-electron chi connectivity index (χ0n) is 17.1. The van der Waals surface area contributed by atoms with Crippen molar-refractivity contribution < 1.29 is 8.95 Å². The molecule has 1 aliphatic carbocycles. The SMILES string of the molecule is C=C1COCCN1c1cc(N=S(C)(=O)C2CC2)nc(-n2c(C)nc3ccccc32)n1. The van der Waals surface area contributed by atoms with Gasteiger partial charge >= 0.3 is 0 Å². The molecule has 30 heavy (non-hydrogen) atoms. The smallest absolute Gasteiger partial charge is 0.239 e. The van der Waals surface area contributed by atoms with Crippen molar-refractivity contribution in [3.8, 4) is 5.95 Å². The van der Waals surface area contributed by atoms with Crippen molar-refractivity contribution in [2.24, 2.45) is 4.36 Å². The lowest BCUT2D eigenvalue weighted by molar-refractivity contribution is 0.143. The minimum atomic E-state index is -2.35. The number of anilines is 1. The normalized spacial score (nSPS) is 19.1. The van der Waals surface area contributed by atoms with Gasteiger partial charge in [-0.3, -0.25) is 4.57 Å². The standard InChI is InChI=1S/C21H24N6O2S/c1-14-13-29-11-10-26(14)20-12-19(25-30(3,28)16-8-9-16)23-21(24-20)27-15(2)22-17-6-4-5-7-18(17)27/h4-7,12,16H,1,8-11,13H2,2-3H3. The molecule has 0 N–H and O–H groups in total. The van der Waals surface area contributed by atoms with Gasteiger partial charge in [-0.1, -0.05) is 18.7 Å². The summed E-state index contributed by atoms with van der Waals surface area (Å²) in [5, 5.41) is 0.147. The van der Waals surface area contributed by atoms with Crippen molar-refractivity contribution in [3.63, 3.8) is 0 Å². The number of aromatic nitrogens is 4. The summed E-state index contributed by atoms with van der Waals surface area (Å²) in [6.07, 6.45) is 3.63. The zero-order valence-corrected chi connectivity index (χ0v) is 17.9. The van der Waals surface area contributed by atoms with Crippen LogP contribution in [0.1, 0.15) is 18.7 Å². The zero-order chi connectivity index (χ0) is 20.9. The number of para-hydroxylation sites is 2. The Morgan fingerprint density at radius 3 is 2.80 bits per heavy atom. The first-order valence-corrected chi connectivity index (χ1v) is 12.0. The van der Waals surface area contributed by atoms with E-state index in [0.29, 0.717) is 37.3 Å². The second-order valence-corrected chi connectivity index (χ2v) is 10.4. The van der Waals surface area contributed by atoms with Crippen molar-refractivity contribution in [2.75, 3.05) is 30.9 Å². The van der Waals surface area contributed by atoms with Crippen molar-refractivity contribution in [2.45, 2.75) is 25.0 Å². The summed E-state index contributed by atoms with van der Waals surface area (Å²) in [6.45, 7) is 7.71. The van der Waals surface area contributed by atoms with Crippen LogP contribution in [0.2, 0.25) is 0 Å². The quantitative estimate of drug-likeness (QED) is 0.638. The summed E-state index contributed by atoms with van der Waals surface area (Å²) in [4.78, 5) is 16.1. The van der Waals surface area contributed by atoms with Crippen molar-refractivity contribution in [3.05, 3.63) is 48.4 Å². The van der Waals surface area contributed by atoms with Gasteiger partial charge in [-0.25, -0.2) is 9.19 Å². The number of rotatable bonds is 4. The van der Waals surface area contributed by atoms with Gasteiger partial charge in [0, 0.05) is 29.8 Å². The van der Waals surface area contributed by atoms with E-state index in [-0.39, 0.29) is 5.25 Å². The summed E-state index contributed by atoms with van der Waals surface area (Å²) in [5.41, 5.74) is 2.61. The van der Waals surface area contributed by atoms with Crippen LogP contribution in [-0.4, -0.2) is 55.0 Å². The molecule has 9 heteroatoms. The van der Waals surface area contributed by atoms with Crippen LogP contribution in [0, 0.1) is 6.92 Å². The summed E-state index contributed by atoms with van der Waals surface area (Å²) in [7, 11) is -2.35. The molecule has 0 amide bonds. The molecule has 1 unspecified atom stereocenters. The average molecular weight is 425 g/mol. The number of nitrogens with zero attached hydrogens (tertiary/aromatic N) is 6. The van der Waals surface area contributed by atoms with Gasteiger partial charge in [0.2, 0.25) is 5.95 Å². The summed E-state index contributed by atoms with van der Waals surface area (Å²) < 4.78 is 25.0. The summed E-state index contributed by atoms with van der Waals surface area (Å²) >= 11 is 0. The van der Waals surface area contributed by atoms with E-state index in [1.165, 1.54) is 0 Å². The maximum absolute atomic E-state index is 13.0. The average Bonchev–Trinajstić information content (AvgIpc) is 3.51. The van der Waals surface area contributed by atoms with Gasteiger partial charge in [-0.2, -0.15) is 14.3 Å². The van der Waals surface area contributed by atoms with Gasteiger partial charge < -0.3 is 9.64 Å². The van der Waals surface area contributed by atoms with Gasteiger partial charge in [0.25, 0.3) is 0 Å². The molecule has 2 aromatic heterocycles. The highest BCUT2D eigenvalue weighted by Crippen LogP contribution is 2.32. The number of aryl methyl sites for hydroxylation is 1. The maximum Gasteiger partial charge on any atom is 0.239 e. The number of ether oxygens (including phenoxy) is 1. The number of hydrogen-bond donors (Lipinski definition) is 0. The lowest BCUT2D eigenvalue weighted by Gasteiger charge is -2.30. The molecule has 2 aliphatic rings. The summed E-state index contributed by atoms with van der Waals surface area (Å²) in [6, 6.07) is 9.66. The Bertz CT molecular complexity index is 1270. The number of imidazole rings is 1. The van der Waals surface area contributed by atoms with Gasteiger partial charge in [0.1, 0.15) is 11.6 Å². The molecule has 1 saturated carbocycles.